The summed E-state index contributed by atoms with van der Waals surface area (Å²) in [5.74, 6) is -0.00845. The van der Waals surface area contributed by atoms with E-state index >= 15 is 0 Å². The van der Waals surface area contributed by atoms with Crippen LogP contribution in [-0.4, -0.2) is 29.6 Å². The highest BCUT2D eigenvalue weighted by atomic mass is 16.3. The maximum Gasteiger partial charge on any atom is 0.319 e. The SMILES string of the molecule is CC(=O)c1ccc(NC(=O)NCC(C)(C)CC(C)O)cc1. The molecule has 0 fully saturated rings. The highest BCUT2D eigenvalue weighted by molar-refractivity contribution is 5.95. The van der Waals surface area contributed by atoms with Crippen LogP contribution in [0.5, 0.6) is 0 Å². The lowest BCUT2D eigenvalue weighted by Gasteiger charge is -2.26. The highest BCUT2D eigenvalue weighted by Gasteiger charge is 2.21. The molecule has 5 heteroatoms. The van der Waals surface area contributed by atoms with E-state index in [4.69, 9.17) is 0 Å². The van der Waals surface area contributed by atoms with E-state index in [1.54, 1.807) is 31.2 Å². The van der Waals surface area contributed by atoms with Gasteiger partial charge in [-0.15, -0.1) is 0 Å². The molecule has 0 heterocycles. The fraction of sp³-hybridized carbons (Fsp3) is 0.500. The Morgan fingerprint density at radius 1 is 1.24 bits per heavy atom. The van der Waals surface area contributed by atoms with E-state index in [2.05, 4.69) is 10.6 Å². The van der Waals surface area contributed by atoms with E-state index < -0.39 is 6.10 Å². The van der Waals surface area contributed by atoms with Crippen LogP contribution in [0.2, 0.25) is 0 Å². The van der Waals surface area contributed by atoms with Crippen molar-refractivity contribution in [2.45, 2.75) is 40.2 Å². The predicted octanol–water partition coefficient (Wildman–Crippen LogP) is 2.81. The zero-order valence-corrected chi connectivity index (χ0v) is 13.1. The van der Waals surface area contributed by atoms with Crippen LogP contribution in [0.4, 0.5) is 10.5 Å². The number of aliphatic hydroxyl groups excluding tert-OH is 1. The normalized spacial score (nSPS) is 12.6. The van der Waals surface area contributed by atoms with Gasteiger partial charge in [0, 0.05) is 17.8 Å². The number of carbonyl (C=O) groups is 2. The standard InChI is InChI=1S/C16H24N2O3/c1-11(19)9-16(3,4)10-17-15(21)18-14-7-5-13(6-8-14)12(2)20/h5-8,11,19H,9-10H2,1-4H3,(H2,17,18,21). The van der Waals surface area contributed by atoms with Gasteiger partial charge in [0.2, 0.25) is 0 Å². The lowest BCUT2D eigenvalue weighted by Crippen LogP contribution is -2.38. The first-order chi connectivity index (χ1) is 9.69. The van der Waals surface area contributed by atoms with Crippen LogP contribution >= 0.6 is 0 Å². The number of hydrogen-bond donors (Lipinski definition) is 3. The van der Waals surface area contributed by atoms with Crippen LogP contribution in [0.15, 0.2) is 24.3 Å². The summed E-state index contributed by atoms with van der Waals surface area (Å²) in [6.07, 6.45) is 0.213. The van der Waals surface area contributed by atoms with Crippen LogP contribution in [0.3, 0.4) is 0 Å². The lowest BCUT2D eigenvalue weighted by atomic mass is 9.87. The number of aliphatic hydroxyl groups is 1. The minimum absolute atomic E-state index is 0.00845. The van der Waals surface area contributed by atoms with Crippen molar-refractivity contribution in [3.63, 3.8) is 0 Å². The van der Waals surface area contributed by atoms with Crippen molar-refractivity contribution in [3.05, 3.63) is 29.8 Å². The van der Waals surface area contributed by atoms with Crippen LogP contribution in [0, 0.1) is 5.41 Å². The zero-order chi connectivity index (χ0) is 16.0. The Morgan fingerprint density at radius 2 is 1.81 bits per heavy atom. The third-order valence-electron chi connectivity index (χ3n) is 3.12. The van der Waals surface area contributed by atoms with Crippen LogP contribution < -0.4 is 10.6 Å². The molecule has 0 saturated heterocycles. The molecule has 1 aromatic carbocycles. The van der Waals surface area contributed by atoms with Crippen LogP contribution in [-0.2, 0) is 0 Å². The maximum atomic E-state index is 11.8. The molecule has 5 nitrogen and oxygen atoms in total. The van der Waals surface area contributed by atoms with E-state index in [0.717, 1.165) is 0 Å². The first-order valence-electron chi connectivity index (χ1n) is 7.03. The first kappa shape index (κ1) is 17.2. The smallest absolute Gasteiger partial charge is 0.319 e. The highest BCUT2D eigenvalue weighted by Crippen LogP contribution is 2.21. The largest absolute Gasteiger partial charge is 0.393 e. The molecule has 21 heavy (non-hydrogen) atoms. The van der Waals surface area contributed by atoms with Crippen molar-refractivity contribution in [2.24, 2.45) is 5.41 Å². The molecule has 0 bridgehead atoms. The molecule has 2 amide bonds. The molecule has 116 valence electrons. The molecule has 0 aliphatic heterocycles. The number of rotatable bonds is 6. The van der Waals surface area contributed by atoms with Gasteiger partial charge in [-0.05, 0) is 49.9 Å². The molecule has 1 rings (SSSR count). The molecule has 0 saturated carbocycles. The Labute approximate surface area is 125 Å². The van der Waals surface area contributed by atoms with Gasteiger partial charge in [0.05, 0.1) is 6.10 Å². The fourth-order valence-electron chi connectivity index (χ4n) is 2.15. The Kier molecular flexibility index (Phi) is 5.90. The Balaban J connectivity index is 2.48. The van der Waals surface area contributed by atoms with Gasteiger partial charge in [-0.3, -0.25) is 4.79 Å². The average Bonchev–Trinajstić information content (AvgIpc) is 2.36. The molecule has 0 aliphatic rings. The van der Waals surface area contributed by atoms with Gasteiger partial charge in [-0.25, -0.2) is 4.79 Å². The number of Topliss-reactive ketones (excluding diaryl/α,β-unsaturated/α-hetero) is 1. The number of hydrogen-bond acceptors (Lipinski definition) is 3. The summed E-state index contributed by atoms with van der Waals surface area (Å²) in [7, 11) is 0. The molecule has 1 aromatic rings. The number of anilines is 1. The summed E-state index contributed by atoms with van der Waals surface area (Å²) >= 11 is 0. The van der Waals surface area contributed by atoms with Crippen LogP contribution in [0.1, 0.15) is 44.5 Å². The predicted molar refractivity (Wildman–Crippen MR) is 83.5 cm³/mol. The summed E-state index contributed by atoms with van der Waals surface area (Å²) < 4.78 is 0. The number of urea groups is 1. The van der Waals surface area contributed by atoms with Gasteiger partial charge in [0.15, 0.2) is 5.78 Å². The number of amides is 2. The van der Waals surface area contributed by atoms with Crippen molar-refractivity contribution in [1.29, 1.82) is 0 Å². The molecular weight excluding hydrogens is 268 g/mol. The third kappa shape index (κ3) is 6.40. The van der Waals surface area contributed by atoms with Crippen molar-refractivity contribution >= 4 is 17.5 Å². The van der Waals surface area contributed by atoms with E-state index in [9.17, 15) is 14.7 Å². The van der Waals surface area contributed by atoms with E-state index in [-0.39, 0.29) is 17.2 Å². The minimum atomic E-state index is -0.399. The number of benzene rings is 1. The van der Waals surface area contributed by atoms with E-state index in [0.29, 0.717) is 24.2 Å². The third-order valence-corrected chi connectivity index (χ3v) is 3.12. The van der Waals surface area contributed by atoms with Crippen molar-refractivity contribution in [3.8, 4) is 0 Å². The van der Waals surface area contributed by atoms with Gasteiger partial charge in [0.1, 0.15) is 0 Å². The maximum absolute atomic E-state index is 11.8. The molecular formula is C16H24N2O3. The van der Waals surface area contributed by atoms with Gasteiger partial charge >= 0.3 is 6.03 Å². The van der Waals surface area contributed by atoms with E-state index in [1.807, 2.05) is 13.8 Å². The monoisotopic (exact) mass is 292 g/mol. The molecule has 0 radical (unpaired) electrons. The number of nitrogens with one attached hydrogen (secondary N) is 2. The number of carbonyl (C=O) groups excluding carboxylic acids is 2. The second-order valence-corrected chi connectivity index (χ2v) is 6.16. The minimum Gasteiger partial charge on any atom is -0.393 e. The average molecular weight is 292 g/mol. The molecule has 1 unspecified atom stereocenters. The van der Waals surface area contributed by atoms with Gasteiger partial charge < -0.3 is 15.7 Å². The Hall–Kier alpha value is -1.88. The molecule has 0 aliphatic carbocycles. The Bertz CT molecular complexity index is 493. The van der Waals surface area contributed by atoms with Crippen LogP contribution in [0.25, 0.3) is 0 Å². The zero-order valence-electron chi connectivity index (χ0n) is 13.1. The molecule has 0 spiro atoms. The van der Waals surface area contributed by atoms with Crippen molar-refractivity contribution in [1.82, 2.24) is 5.32 Å². The quantitative estimate of drug-likeness (QED) is 0.705. The fourth-order valence-corrected chi connectivity index (χ4v) is 2.15. The first-order valence-corrected chi connectivity index (χ1v) is 7.03. The molecule has 1 atom stereocenters. The van der Waals surface area contributed by atoms with Gasteiger partial charge in [0.25, 0.3) is 0 Å². The van der Waals surface area contributed by atoms with E-state index in [1.165, 1.54) is 6.92 Å². The Morgan fingerprint density at radius 3 is 2.29 bits per heavy atom. The summed E-state index contributed by atoms with van der Waals surface area (Å²) in [6, 6.07) is 6.43. The lowest BCUT2D eigenvalue weighted by molar-refractivity contribution is 0.101. The summed E-state index contributed by atoms with van der Waals surface area (Å²) in [4.78, 5) is 23.0. The number of ketones is 1. The van der Waals surface area contributed by atoms with Gasteiger partial charge in [-0.2, -0.15) is 0 Å². The molecule has 0 aromatic heterocycles. The summed E-state index contributed by atoms with van der Waals surface area (Å²) in [5.41, 5.74) is 1.06. The van der Waals surface area contributed by atoms with Crippen molar-refractivity contribution in [2.75, 3.05) is 11.9 Å². The topological polar surface area (TPSA) is 78.4 Å². The summed E-state index contributed by atoms with van der Waals surface area (Å²) in [5, 5.41) is 14.9. The molecule has 3 N–H and O–H groups in total. The van der Waals surface area contributed by atoms with Gasteiger partial charge in [-0.1, -0.05) is 13.8 Å². The van der Waals surface area contributed by atoms with Crippen molar-refractivity contribution < 1.29 is 14.7 Å². The second-order valence-electron chi connectivity index (χ2n) is 6.16. The summed E-state index contributed by atoms with van der Waals surface area (Å²) in [6.45, 7) is 7.68. The second kappa shape index (κ2) is 7.22.